The first-order valence-electron chi connectivity index (χ1n) is 6.84. The average Bonchev–Trinajstić information content (AvgIpc) is 2.47. The highest BCUT2D eigenvalue weighted by molar-refractivity contribution is 6.36. The van der Waals surface area contributed by atoms with Gasteiger partial charge in [0.1, 0.15) is 0 Å². The van der Waals surface area contributed by atoms with E-state index in [1.807, 2.05) is 12.1 Å². The SMILES string of the molecule is [C-]#[N+]c1cc(CC)c2nc3c(c(Cl)c2c1)CN(C)CC3. The summed E-state index contributed by atoms with van der Waals surface area (Å²) in [7, 11) is 2.09. The summed E-state index contributed by atoms with van der Waals surface area (Å²) in [6, 6.07) is 3.80. The maximum atomic E-state index is 7.23. The van der Waals surface area contributed by atoms with Crippen LogP contribution in [0.1, 0.15) is 23.7 Å². The standard InChI is InChI=1S/C16H16ClN3/c1-4-10-7-11(18-2)8-12-15(17)13-9-20(3)6-5-14(13)19-16(10)12/h7-8H,4-6,9H2,1,3H3. The van der Waals surface area contributed by atoms with Gasteiger partial charge in [0.05, 0.1) is 17.1 Å². The van der Waals surface area contributed by atoms with Crippen molar-refractivity contribution in [1.82, 2.24) is 9.88 Å². The van der Waals surface area contributed by atoms with Gasteiger partial charge >= 0.3 is 0 Å². The molecule has 1 aliphatic rings. The lowest BCUT2D eigenvalue weighted by molar-refractivity contribution is 0.310. The lowest BCUT2D eigenvalue weighted by atomic mass is 9.99. The number of halogens is 1. The van der Waals surface area contributed by atoms with Gasteiger partial charge in [0.2, 0.25) is 0 Å². The van der Waals surface area contributed by atoms with Crippen LogP contribution in [0.25, 0.3) is 15.7 Å². The van der Waals surface area contributed by atoms with Crippen molar-refractivity contribution in [3.63, 3.8) is 0 Å². The molecule has 0 bridgehead atoms. The number of nitrogens with zero attached hydrogens (tertiary/aromatic N) is 3. The fourth-order valence-electron chi connectivity index (χ4n) is 2.82. The van der Waals surface area contributed by atoms with Crippen molar-refractivity contribution in [3.8, 4) is 0 Å². The number of aromatic nitrogens is 1. The van der Waals surface area contributed by atoms with Crippen LogP contribution in [0.4, 0.5) is 5.69 Å². The van der Waals surface area contributed by atoms with E-state index in [1.54, 1.807) is 0 Å². The van der Waals surface area contributed by atoms with Gasteiger partial charge in [0, 0.05) is 36.2 Å². The van der Waals surface area contributed by atoms with Crippen molar-refractivity contribution < 1.29 is 0 Å². The van der Waals surface area contributed by atoms with Gasteiger partial charge in [-0.15, -0.1) is 0 Å². The summed E-state index contributed by atoms with van der Waals surface area (Å²) in [5, 5.41) is 1.70. The number of pyridine rings is 1. The molecule has 0 saturated heterocycles. The third-order valence-electron chi connectivity index (χ3n) is 3.94. The molecule has 0 spiro atoms. The Morgan fingerprint density at radius 2 is 2.25 bits per heavy atom. The molecule has 102 valence electrons. The van der Waals surface area contributed by atoms with Gasteiger partial charge in [0.25, 0.3) is 0 Å². The second-order valence-electron chi connectivity index (χ2n) is 5.31. The second-order valence-corrected chi connectivity index (χ2v) is 5.68. The third kappa shape index (κ3) is 2.06. The van der Waals surface area contributed by atoms with Crippen LogP contribution in [0.5, 0.6) is 0 Å². The molecule has 2 aromatic rings. The number of likely N-dealkylation sites (N-methyl/N-ethyl adjacent to an activating group) is 1. The minimum atomic E-state index is 0.641. The topological polar surface area (TPSA) is 20.5 Å². The van der Waals surface area contributed by atoms with Crippen molar-refractivity contribution in [3.05, 3.63) is 45.4 Å². The van der Waals surface area contributed by atoms with Gasteiger partial charge in [-0.2, -0.15) is 0 Å². The van der Waals surface area contributed by atoms with Crippen LogP contribution in [-0.2, 0) is 19.4 Å². The van der Waals surface area contributed by atoms with Crippen LogP contribution < -0.4 is 0 Å². The molecular weight excluding hydrogens is 270 g/mol. The Hall–Kier alpha value is -1.63. The summed E-state index contributed by atoms with van der Waals surface area (Å²) in [6.07, 6.45) is 1.80. The molecule has 0 unspecified atom stereocenters. The molecule has 1 aliphatic heterocycles. The zero-order valence-corrected chi connectivity index (χ0v) is 12.5. The van der Waals surface area contributed by atoms with Crippen LogP contribution in [0.3, 0.4) is 0 Å². The molecule has 1 aromatic carbocycles. The summed E-state index contributed by atoms with van der Waals surface area (Å²) < 4.78 is 0. The van der Waals surface area contributed by atoms with E-state index in [-0.39, 0.29) is 0 Å². The van der Waals surface area contributed by atoms with Crippen molar-refractivity contribution in [1.29, 1.82) is 0 Å². The quantitative estimate of drug-likeness (QED) is 0.739. The van der Waals surface area contributed by atoms with E-state index < -0.39 is 0 Å². The van der Waals surface area contributed by atoms with Crippen molar-refractivity contribution in [2.24, 2.45) is 0 Å². The van der Waals surface area contributed by atoms with Gasteiger partial charge in [-0.05, 0) is 25.1 Å². The number of aryl methyl sites for hydroxylation is 1. The van der Waals surface area contributed by atoms with E-state index in [2.05, 4.69) is 23.7 Å². The number of hydrogen-bond donors (Lipinski definition) is 0. The Bertz CT molecular complexity index is 731. The van der Waals surface area contributed by atoms with Crippen molar-refractivity contribution in [2.45, 2.75) is 26.3 Å². The van der Waals surface area contributed by atoms with Crippen LogP contribution in [0, 0.1) is 6.57 Å². The number of rotatable bonds is 1. The normalized spacial score (nSPS) is 15.1. The highest BCUT2D eigenvalue weighted by Crippen LogP contribution is 2.35. The molecule has 4 heteroatoms. The predicted molar refractivity (Wildman–Crippen MR) is 82.4 cm³/mol. The van der Waals surface area contributed by atoms with Gasteiger partial charge in [-0.25, -0.2) is 4.85 Å². The van der Waals surface area contributed by atoms with Crippen molar-refractivity contribution in [2.75, 3.05) is 13.6 Å². The van der Waals surface area contributed by atoms with E-state index in [4.69, 9.17) is 23.2 Å². The lowest BCUT2D eigenvalue weighted by Crippen LogP contribution is -2.27. The summed E-state index contributed by atoms with van der Waals surface area (Å²) >= 11 is 6.61. The predicted octanol–water partition coefficient (Wildman–Crippen LogP) is 3.99. The van der Waals surface area contributed by atoms with Crippen LogP contribution in [0.2, 0.25) is 5.02 Å². The number of benzene rings is 1. The highest BCUT2D eigenvalue weighted by atomic mass is 35.5. The van der Waals surface area contributed by atoms with Crippen LogP contribution in [0.15, 0.2) is 12.1 Å². The third-order valence-corrected chi connectivity index (χ3v) is 4.37. The number of hydrogen-bond acceptors (Lipinski definition) is 2. The molecule has 0 N–H and O–H groups in total. The largest absolute Gasteiger partial charge is 0.302 e. The Labute approximate surface area is 124 Å². The smallest absolute Gasteiger partial charge is 0.188 e. The first-order valence-corrected chi connectivity index (χ1v) is 7.21. The molecule has 0 fully saturated rings. The maximum absolute atomic E-state index is 7.23. The minimum absolute atomic E-state index is 0.641. The maximum Gasteiger partial charge on any atom is 0.188 e. The number of fused-ring (bicyclic) bond motifs is 2. The van der Waals surface area contributed by atoms with Gasteiger partial charge in [-0.3, -0.25) is 4.98 Å². The molecule has 0 atom stereocenters. The molecule has 0 amide bonds. The fraction of sp³-hybridized carbons (Fsp3) is 0.375. The summed E-state index contributed by atoms with van der Waals surface area (Å²) in [4.78, 5) is 10.6. The molecule has 3 rings (SSSR count). The van der Waals surface area contributed by atoms with Crippen LogP contribution >= 0.6 is 11.6 Å². The molecule has 0 radical (unpaired) electrons. The zero-order chi connectivity index (χ0) is 14.3. The summed E-state index contributed by atoms with van der Waals surface area (Å²) in [5.41, 5.74) is 4.95. The molecule has 0 saturated carbocycles. The summed E-state index contributed by atoms with van der Waals surface area (Å²) in [6.45, 7) is 11.2. The van der Waals surface area contributed by atoms with Crippen LogP contribution in [-0.4, -0.2) is 23.5 Å². The van der Waals surface area contributed by atoms with Gasteiger partial charge < -0.3 is 4.90 Å². The molecule has 3 nitrogen and oxygen atoms in total. The second kappa shape index (κ2) is 5.05. The molecule has 1 aromatic heterocycles. The molecule has 2 heterocycles. The monoisotopic (exact) mass is 285 g/mol. The van der Waals surface area contributed by atoms with Crippen molar-refractivity contribution >= 4 is 28.2 Å². The molecule has 0 aliphatic carbocycles. The summed E-state index contributed by atoms with van der Waals surface area (Å²) in [5.74, 6) is 0. The molecular formula is C16H16ClN3. The lowest BCUT2D eigenvalue weighted by Gasteiger charge is -2.26. The van der Waals surface area contributed by atoms with E-state index in [9.17, 15) is 0 Å². The first kappa shape index (κ1) is 13.4. The Balaban J connectivity index is 2.34. The Morgan fingerprint density at radius 1 is 1.45 bits per heavy atom. The van der Waals surface area contributed by atoms with E-state index in [1.165, 1.54) is 0 Å². The van der Waals surface area contributed by atoms with E-state index >= 15 is 0 Å². The minimum Gasteiger partial charge on any atom is -0.302 e. The Morgan fingerprint density at radius 3 is 2.95 bits per heavy atom. The zero-order valence-electron chi connectivity index (χ0n) is 11.7. The highest BCUT2D eigenvalue weighted by Gasteiger charge is 2.20. The first-order chi connectivity index (χ1) is 9.63. The van der Waals surface area contributed by atoms with E-state index in [0.29, 0.717) is 5.69 Å². The Kier molecular flexibility index (Phi) is 3.37. The fourth-order valence-corrected chi connectivity index (χ4v) is 3.13. The van der Waals surface area contributed by atoms with Gasteiger partial charge in [0.15, 0.2) is 5.69 Å². The average molecular weight is 286 g/mol. The molecule has 20 heavy (non-hydrogen) atoms. The van der Waals surface area contributed by atoms with Gasteiger partial charge in [-0.1, -0.05) is 24.6 Å². The van der Waals surface area contributed by atoms with E-state index in [0.717, 1.165) is 58.7 Å².